The van der Waals surface area contributed by atoms with Crippen molar-refractivity contribution in [2.24, 2.45) is 0 Å². The molecule has 1 aromatic rings. The zero-order chi connectivity index (χ0) is 12.7. The Bertz CT molecular complexity index is 356. The van der Waals surface area contributed by atoms with Crippen LogP contribution in [0.5, 0.6) is 5.75 Å². The van der Waals surface area contributed by atoms with Gasteiger partial charge in [0.05, 0.1) is 13.2 Å². The highest BCUT2D eigenvalue weighted by Gasteiger charge is 2.06. The van der Waals surface area contributed by atoms with E-state index in [1.165, 1.54) is 7.11 Å². The highest BCUT2D eigenvalue weighted by molar-refractivity contribution is 5.85. The van der Waals surface area contributed by atoms with Gasteiger partial charge >= 0.3 is 5.97 Å². The Balaban J connectivity index is 0.00000289. The molecule has 1 aromatic carbocycles. The maximum atomic E-state index is 10.8. The first kappa shape index (κ1) is 16.7. The number of carbonyl (C=O) groups is 1. The molecule has 0 radical (unpaired) electrons. The number of benzene rings is 1. The summed E-state index contributed by atoms with van der Waals surface area (Å²) in [6.07, 6.45) is -0.547. The van der Waals surface area contributed by atoms with Crippen LogP contribution >= 0.6 is 12.4 Å². The van der Waals surface area contributed by atoms with Gasteiger partial charge in [-0.15, -0.1) is 12.4 Å². The van der Waals surface area contributed by atoms with Gasteiger partial charge in [-0.1, -0.05) is 12.1 Å². The third-order valence-electron chi connectivity index (χ3n) is 2.25. The SMILES string of the molecule is CNCC(O)c1ccc(OCC(=O)OC)cc1.Cl. The van der Waals surface area contributed by atoms with Gasteiger partial charge in [-0.25, -0.2) is 4.79 Å². The van der Waals surface area contributed by atoms with Gasteiger partial charge in [-0.2, -0.15) is 0 Å². The third-order valence-corrected chi connectivity index (χ3v) is 2.25. The molecule has 0 aromatic heterocycles. The molecule has 18 heavy (non-hydrogen) atoms. The van der Waals surface area contributed by atoms with Crippen LogP contribution in [-0.4, -0.2) is 38.4 Å². The lowest BCUT2D eigenvalue weighted by Gasteiger charge is -2.11. The van der Waals surface area contributed by atoms with Crippen molar-refractivity contribution in [2.75, 3.05) is 27.3 Å². The predicted molar refractivity (Wildman–Crippen MR) is 70.1 cm³/mol. The summed E-state index contributed by atoms with van der Waals surface area (Å²) in [6.45, 7) is 0.372. The molecule has 0 saturated carbocycles. The second-order valence-corrected chi connectivity index (χ2v) is 3.51. The lowest BCUT2D eigenvalue weighted by atomic mass is 10.1. The first-order valence-corrected chi connectivity index (χ1v) is 5.29. The van der Waals surface area contributed by atoms with E-state index >= 15 is 0 Å². The predicted octanol–water partition coefficient (Wildman–Crippen LogP) is 0.913. The van der Waals surface area contributed by atoms with Crippen molar-refractivity contribution in [1.82, 2.24) is 5.32 Å². The molecule has 0 saturated heterocycles. The summed E-state index contributed by atoms with van der Waals surface area (Å²) in [5.74, 6) is 0.139. The Labute approximate surface area is 113 Å². The molecule has 1 atom stereocenters. The van der Waals surface area contributed by atoms with Crippen molar-refractivity contribution < 1.29 is 19.4 Å². The molecule has 0 bridgehead atoms. The fourth-order valence-electron chi connectivity index (χ4n) is 1.30. The number of nitrogens with one attached hydrogen (secondary N) is 1. The first-order chi connectivity index (χ1) is 8.17. The van der Waals surface area contributed by atoms with Gasteiger partial charge < -0.3 is 19.9 Å². The van der Waals surface area contributed by atoms with Crippen molar-refractivity contribution >= 4 is 18.4 Å². The van der Waals surface area contributed by atoms with Crippen LogP contribution in [0.1, 0.15) is 11.7 Å². The molecule has 0 aliphatic carbocycles. The van der Waals surface area contributed by atoms with Gasteiger partial charge in [0.2, 0.25) is 0 Å². The molecule has 2 N–H and O–H groups in total. The van der Waals surface area contributed by atoms with E-state index in [0.717, 1.165) is 5.56 Å². The Morgan fingerprint density at radius 3 is 2.50 bits per heavy atom. The minimum atomic E-state index is -0.547. The van der Waals surface area contributed by atoms with Crippen LogP contribution < -0.4 is 10.1 Å². The van der Waals surface area contributed by atoms with Gasteiger partial charge in [-0.3, -0.25) is 0 Å². The first-order valence-electron chi connectivity index (χ1n) is 5.29. The molecule has 0 spiro atoms. The fraction of sp³-hybridized carbons (Fsp3) is 0.417. The second kappa shape index (κ2) is 8.74. The standard InChI is InChI=1S/C12H17NO4.ClH/c1-13-7-11(14)9-3-5-10(6-4-9)17-8-12(15)16-2;/h3-6,11,13-14H,7-8H2,1-2H3;1H. The highest BCUT2D eigenvalue weighted by Crippen LogP contribution is 2.17. The average molecular weight is 276 g/mol. The third kappa shape index (κ3) is 5.35. The van der Waals surface area contributed by atoms with Crippen LogP contribution in [0.2, 0.25) is 0 Å². The molecule has 0 fully saturated rings. The van der Waals surface area contributed by atoms with Crippen molar-refractivity contribution in [3.05, 3.63) is 29.8 Å². The van der Waals surface area contributed by atoms with Crippen LogP contribution in [0, 0.1) is 0 Å². The summed E-state index contributed by atoms with van der Waals surface area (Å²) in [5.41, 5.74) is 0.796. The molecule has 0 aliphatic rings. The van der Waals surface area contributed by atoms with E-state index in [9.17, 15) is 9.90 Å². The zero-order valence-corrected chi connectivity index (χ0v) is 11.2. The van der Waals surface area contributed by atoms with Crippen molar-refractivity contribution in [3.63, 3.8) is 0 Å². The number of hydrogen-bond donors (Lipinski definition) is 2. The largest absolute Gasteiger partial charge is 0.482 e. The molecule has 0 heterocycles. The van der Waals surface area contributed by atoms with E-state index in [1.807, 2.05) is 0 Å². The Hall–Kier alpha value is -1.30. The van der Waals surface area contributed by atoms with Gasteiger partial charge in [0.15, 0.2) is 6.61 Å². The van der Waals surface area contributed by atoms with E-state index in [4.69, 9.17) is 4.74 Å². The number of esters is 1. The number of carbonyl (C=O) groups excluding carboxylic acids is 1. The molecule has 1 unspecified atom stereocenters. The molecule has 0 aliphatic heterocycles. The van der Waals surface area contributed by atoms with Crippen molar-refractivity contribution in [1.29, 1.82) is 0 Å². The maximum Gasteiger partial charge on any atom is 0.343 e. The van der Waals surface area contributed by atoms with Crippen LogP contribution in [0.15, 0.2) is 24.3 Å². The minimum absolute atomic E-state index is 0. The lowest BCUT2D eigenvalue weighted by Crippen LogP contribution is -2.16. The Morgan fingerprint density at radius 1 is 1.39 bits per heavy atom. The summed E-state index contributed by atoms with van der Waals surface area (Å²) in [6, 6.07) is 6.93. The number of likely N-dealkylation sites (N-methyl/N-ethyl adjacent to an activating group) is 1. The zero-order valence-electron chi connectivity index (χ0n) is 10.4. The minimum Gasteiger partial charge on any atom is -0.482 e. The number of ether oxygens (including phenoxy) is 2. The normalized spacial score (nSPS) is 11.3. The van der Waals surface area contributed by atoms with Crippen LogP contribution in [-0.2, 0) is 9.53 Å². The molecule has 6 heteroatoms. The highest BCUT2D eigenvalue weighted by atomic mass is 35.5. The summed E-state index contributed by atoms with van der Waals surface area (Å²) in [4.78, 5) is 10.8. The Morgan fingerprint density at radius 2 is 2.00 bits per heavy atom. The van der Waals surface area contributed by atoms with Crippen LogP contribution in [0.4, 0.5) is 0 Å². The number of aliphatic hydroxyl groups excluding tert-OH is 1. The second-order valence-electron chi connectivity index (χ2n) is 3.51. The van der Waals surface area contributed by atoms with Crippen LogP contribution in [0.3, 0.4) is 0 Å². The van der Waals surface area contributed by atoms with E-state index in [2.05, 4.69) is 10.1 Å². The number of methoxy groups -OCH3 is 1. The van der Waals surface area contributed by atoms with Crippen LogP contribution in [0.25, 0.3) is 0 Å². The number of rotatable bonds is 6. The average Bonchev–Trinajstić information content (AvgIpc) is 2.36. The number of halogens is 1. The number of hydrogen-bond acceptors (Lipinski definition) is 5. The molecule has 5 nitrogen and oxygen atoms in total. The topological polar surface area (TPSA) is 67.8 Å². The van der Waals surface area contributed by atoms with Gasteiger partial charge in [0, 0.05) is 6.54 Å². The molecule has 0 amide bonds. The van der Waals surface area contributed by atoms with Gasteiger partial charge in [0.25, 0.3) is 0 Å². The monoisotopic (exact) mass is 275 g/mol. The molecular formula is C12H18ClNO4. The van der Waals surface area contributed by atoms with Gasteiger partial charge in [-0.05, 0) is 24.7 Å². The summed E-state index contributed by atoms with van der Waals surface area (Å²) in [7, 11) is 3.08. The van der Waals surface area contributed by atoms with E-state index in [1.54, 1.807) is 31.3 Å². The molecular weight excluding hydrogens is 258 g/mol. The molecule has 1 rings (SSSR count). The maximum absolute atomic E-state index is 10.8. The summed E-state index contributed by atoms with van der Waals surface area (Å²) >= 11 is 0. The molecule has 102 valence electrons. The van der Waals surface area contributed by atoms with Crippen molar-refractivity contribution in [2.45, 2.75) is 6.10 Å². The smallest absolute Gasteiger partial charge is 0.343 e. The van der Waals surface area contributed by atoms with Crippen molar-refractivity contribution in [3.8, 4) is 5.75 Å². The quantitative estimate of drug-likeness (QED) is 0.756. The van der Waals surface area contributed by atoms with E-state index < -0.39 is 12.1 Å². The van der Waals surface area contributed by atoms with E-state index in [-0.39, 0.29) is 19.0 Å². The fourth-order valence-corrected chi connectivity index (χ4v) is 1.30. The lowest BCUT2D eigenvalue weighted by molar-refractivity contribution is -0.142. The Kier molecular flexibility index (Phi) is 8.11. The van der Waals surface area contributed by atoms with Gasteiger partial charge in [0.1, 0.15) is 5.75 Å². The van der Waals surface area contributed by atoms with E-state index in [0.29, 0.717) is 12.3 Å². The summed E-state index contributed by atoms with van der Waals surface area (Å²) in [5, 5.41) is 12.6. The number of aliphatic hydroxyl groups is 1. The summed E-state index contributed by atoms with van der Waals surface area (Å²) < 4.78 is 9.64.